The Bertz CT molecular complexity index is 1300. The van der Waals surface area contributed by atoms with Crippen LogP contribution in [-0.4, -0.2) is 17.0 Å². The quantitative estimate of drug-likeness (QED) is 0.355. The highest BCUT2D eigenvalue weighted by molar-refractivity contribution is 5.81. The number of nitrogens with one attached hydrogen (secondary N) is 2. The number of rotatable bonds is 7. The summed E-state index contributed by atoms with van der Waals surface area (Å²) in [6, 6.07) is 9.45. The summed E-state index contributed by atoms with van der Waals surface area (Å²) in [7, 11) is 1.76. The van der Waals surface area contributed by atoms with E-state index >= 15 is 0 Å². The number of allylic oxidation sites excluding steroid dienone is 4. The molecule has 0 spiro atoms. The third-order valence-corrected chi connectivity index (χ3v) is 5.08. The number of fused-ring (bicyclic) bond motifs is 1. The number of aromatic nitrogens is 2. The Hall–Kier alpha value is -3.87. The average Bonchev–Trinajstić information content (AvgIpc) is 2.79. The molecule has 7 heteroatoms. The second kappa shape index (κ2) is 10.4. The molecule has 176 valence electrons. The number of aryl methyl sites for hydroxylation is 1. The van der Waals surface area contributed by atoms with E-state index in [9.17, 15) is 13.2 Å². The summed E-state index contributed by atoms with van der Waals surface area (Å²) in [6.07, 6.45) is 4.94. The molecule has 0 unspecified atom stereocenters. The molecule has 0 aliphatic carbocycles. The molecular weight excluding hydrogens is 437 g/mol. The molecule has 0 atom stereocenters. The van der Waals surface area contributed by atoms with Gasteiger partial charge in [-0.3, -0.25) is 0 Å². The maximum atomic E-state index is 13.2. The van der Waals surface area contributed by atoms with Crippen LogP contribution in [0.25, 0.3) is 17.0 Å². The monoisotopic (exact) mass is 464 g/mol. The van der Waals surface area contributed by atoms with E-state index in [-0.39, 0.29) is 0 Å². The van der Waals surface area contributed by atoms with Crippen molar-refractivity contribution in [3.8, 4) is 0 Å². The molecule has 3 aromatic rings. The Morgan fingerprint density at radius 1 is 1.06 bits per heavy atom. The van der Waals surface area contributed by atoms with Gasteiger partial charge in [0.05, 0.1) is 11.1 Å². The van der Waals surface area contributed by atoms with E-state index < -0.39 is 11.7 Å². The maximum absolute atomic E-state index is 13.2. The van der Waals surface area contributed by atoms with Crippen molar-refractivity contribution in [1.29, 1.82) is 0 Å². The number of hydrogen-bond donors (Lipinski definition) is 2. The molecule has 2 N–H and O–H groups in total. The lowest BCUT2D eigenvalue weighted by Gasteiger charge is -2.15. The third kappa shape index (κ3) is 6.34. The Morgan fingerprint density at radius 2 is 1.82 bits per heavy atom. The Labute approximate surface area is 197 Å². The molecule has 0 bridgehead atoms. The molecule has 0 amide bonds. The molecule has 0 aliphatic rings. The number of benzene rings is 2. The SMILES string of the molecule is C=C(Nc1cc(C(F)(F)F)ccc1C)C(/C=C/c1ccc2nc(NC)ncc2c1)=C/C=C(C)C. The number of hydrogen-bond acceptors (Lipinski definition) is 4. The van der Waals surface area contributed by atoms with Gasteiger partial charge in [-0.05, 0) is 61.7 Å². The van der Waals surface area contributed by atoms with Crippen LogP contribution in [-0.2, 0) is 6.18 Å². The van der Waals surface area contributed by atoms with E-state index in [1.54, 1.807) is 20.2 Å². The van der Waals surface area contributed by atoms with E-state index in [1.165, 1.54) is 6.07 Å². The average molecular weight is 465 g/mol. The molecule has 0 aliphatic heterocycles. The van der Waals surface area contributed by atoms with Gasteiger partial charge in [0.2, 0.25) is 5.95 Å². The van der Waals surface area contributed by atoms with Crippen LogP contribution in [0.3, 0.4) is 0 Å². The van der Waals surface area contributed by atoms with Gasteiger partial charge in [0.1, 0.15) is 0 Å². The standard InChI is InChI=1S/C27H27F3N4/c1-17(2)6-10-21(19(4)33-25-15-23(27(28,29)30)12-7-18(25)3)11-8-20-9-13-24-22(14-20)16-32-26(31-5)34-24/h6-16,33H,4H2,1-3,5H3,(H,31,32,34)/b11-8+,21-10+. The van der Waals surface area contributed by atoms with Crippen molar-refractivity contribution in [2.75, 3.05) is 17.7 Å². The fraction of sp³-hybridized carbons (Fsp3) is 0.185. The normalized spacial score (nSPS) is 12.1. The fourth-order valence-corrected chi connectivity index (χ4v) is 3.14. The lowest BCUT2D eigenvalue weighted by atomic mass is 10.1. The molecule has 2 aromatic carbocycles. The summed E-state index contributed by atoms with van der Waals surface area (Å²) in [4.78, 5) is 8.67. The van der Waals surface area contributed by atoms with E-state index in [0.29, 0.717) is 22.9 Å². The van der Waals surface area contributed by atoms with E-state index in [2.05, 4.69) is 27.2 Å². The third-order valence-electron chi connectivity index (χ3n) is 5.08. The number of alkyl halides is 3. The molecule has 3 rings (SSSR count). The highest BCUT2D eigenvalue weighted by Gasteiger charge is 2.30. The maximum Gasteiger partial charge on any atom is 0.416 e. The first-order valence-corrected chi connectivity index (χ1v) is 10.7. The lowest BCUT2D eigenvalue weighted by molar-refractivity contribution is -0.137. The van der Waals surface area contributed by atoms with Gasteiger partial charge < -0.3 is 10.6 Å². The highest BCUT2D eigenvalue weighted by Crippen LogP contribution is 2.33. The zero-order valence-corrected chi connectivity index (χ0v) is 19.6. The van der Waals surface area contributed by atoms with Crippen LogP contribution in [0.5, 0.6) is 0 Å². The lowest BCUT2D eigenvalue weighted by Crippen LogP contribution is -2.08. The second-order valence-electron chi connectivity index (χ2n) is 8.09. The Kier molecular flexibility index (Phi) is 7.56. The van der Waals surface area contributed by atoms with Gasteiger partial charge in [0.15, 0.2) is 0 Å². The molecule has 1 aromatic heterocycles. The van der Waals surface area contributed by atoms with Crippen molar-refractivity contribution >= 4 is 28.6 Å². The van der Waals surface area contributed by atoms with Crippen LogP contribution < -0.4 is 10.6 Å². The van der Waals surface area contributed by atoms with Crippen molar-refractivity contribution in [2.24, 2.45) is 0 Å². The number of halogens is 3. The topological polar surface area (TPSA) is 49.8 Å². The zero-order chi connectivity index (χ0) is 24.9. The van der Waals surface area contributed by atoms with Gasteiger partial charge in [0, 0.05) is 30.0 Å². The summed E-state index contributed by atoms with van der Waals surface area (Å²) in [5.74, 6) is 0.551. The molecule has 0 radical (unpaired) electrons. The van der Waals surface area contributed by atoms with Gasteiger partial charge in [0.25, 0.3) is 0 Å². The van der Waals surface area contributed by atoms with E-state index in [4.69, 9.17) is 0 Å². The summed E-state index contributed by atoms with van der Waals surface area (Å²) >= 11 is 0. The van der Waals surface area contributed by atoms with Gasteiger partial charge >= 0.3 is 6.18 Å². The summed E-state index contributed by atoms with van der Waals surface area (Å²) in [5.41, 5.74) is 4.40. The summed E-state index contributed by atoms with van der Waals surface area (Å²) in [6.45, 7) is 9.76. The molecule has 1 heterocycles. The van der Waals surface area contributed by atoms with Crippen LogP contribution in [0.1, 0.15) is 30.5 Å². The van der Waals surface area contributed by atoms with Crippen LogP contribution in [0.4, 0.5) is 24.8 Å². The van der Waals surface area contributed by atoms with Crippen LogP contribution in [0, 0.1) is 6.92 Å². The van der Waals surface area contributed by atoms with Crippen LogP contribution in [0.15, 0.2) is 84.2 Å². The molecular formula is C27H27F3N4. The molecule has 0 saturated carbocycles. The van der Waals surface area contributed by atoms with Crippen molar-refractivity contribution in [3.05, 3.63) is 101 Å². The minimum atomic E-state index is -4.42. The zero-order valence-electron chi connectivity index (χ0n) is 19.6. The Balaban J connectivity index is 1.90. The van der Waals surface area contributed by atoms with Crippen molar-refractivity contribution in [3.63, 3.8) is 0 Å². The predicted octanol–water partition coefficient (Wildman–Crippen LogP) is 7.53. The predicted molar refractivity (Wildman–Crippen MR) is 135 cm³/mol. The van der Waals surface area contributed by atoms with Crippen molar-refractivity contribution < 1.29 is 13.2 Å². The van der Waals surface area contributed by atoms with Crippen LogP contribution in [0.2, 0.25) is 0 Å². The molecule has 0 fully saturated rings. The molecule has 0 saturated heterocycles. The van der Waals surface area contributed by atoms with Crippen LogP contribution >= 0.6 is 0 Å². The minimum absolute atomic E-state index is 0.361. The van der Waals surface area contributed by atoms with Crippen molar-refractivity contribution in [2.45, 2.75) is 26.9 Å². The largest absolute Gasteiger partial charge is 0.416 e. The van der Waals surface area contributed by atoms with Gasteiger partial charge in [-0.25, -0.2) is 9.97 Å². The van der Waals surface area contributed by atoms with Crippen molar-refractivity contribution in [1.82, 2.24) is 9.97 Å². The fourth-order valence-electron chi connectivity index (χ4n) is 3.14. The summed E-state index contributed by atoms with van der Waals surface area (Å²) in [5, 5.41) is 6.87. The number of anilines is 2. The van der Waals surface area contributed by atoms with Gasteiger partial charge in [-0.1, -0.05) is 48.6 Å². The molecule has 34 heavy (non-hydrogen) atoms. The smallest absolute Gasteiger partial charge is 0.357 e. The molecule has 4 nitrogen and oxygen atoms in total. The highest BCUT2D eigenvalue weighted by atomic mass is 19.4. The van der Waals surface area contributed by atoms with E-state index in [0.717, 1.165) is 39.7 Å². The number of nitrogens with zero attached hydrogens (tertiary/aromatic N) is 2. The van der Waals surface area contributed by atoms with E-state index in [1.807, 2.05) is 56.4 Å². The summed E-state index contributed by atoms with van der Waals surface area (Å²) < 4.78 is 39.5. The first kappa shape index (κ1) is 24.8. The van der Waals surface area contributed by atoms with Gasteiger partial charge in [-0.15, -0.1) is 0 Å². The first-order valence-electron chi connectivity index (χ1n) is 10.7. The second-order valence-corrected chi connectivity index (χ2v) is 8.09. The Morgan fingerprint density at radius 3 is 2.50 bits per heavy atom. The minimum Gasteiger partial charge on any atom is -0.357 e. The van der Waals surface area contributed by atoms with Gasteiger partial charge in [-0.2, -0.15) is 13.2 Å². The first-order chi connectivity index (χ1) is 16.1.